The molecule has 0 saturated heterocycles. The molecule has 1 heteroatoms. The molecule has 0 N–H and O–H groups in total. The number of rotatable bonds is 20. The Morgan fingerprint density at radius 3 is 1.48 bits per heavy atom. The van der Waals surface area contributed by atoms with Crippen LogP contribution in [0.15, 0.2) is 24.3 Å². The Morgan fingerprint density at radius 1 is 0.552 bits per heavy atom. The van der Waals surface area contributed by atoms with Gasteiger partial charge in [0.15, 0.2) is 0 Å². The first-order chi connectivity index (χ1) is 14.3. The van der Waals surface area contributed by atoms with E-state index >= 15 is 0 Å². The van der Waals surface area contributed by atoms with Gasteiger partial charge in [0.2, 0.25) is 0 Å². The van der Waals surface area contributed by atoms with E-state index in [-0.39, 0.29) is 0 Å². The van der Waals surface area contributed by atoms with Crippen LogP contribution in [-0.2, 0) is 17.6 Å². The molecule has 0 aromatic heterocycles. The molecular formula is C28H48O. The molecule has 0 aliphatic carbocycles. The van der Waals surface area contributed by atoms with E-state index in [0.717, 1.165) is 12.8 Å². The first kappa shape index (κ1) is 25.9. The molecule has 0 saturated carbocycles. The van der Waals surface area contributed by atoms with Crippen molar-refractivity contribution >= 4 is 5.78 Å². The fourth-order valence-corrected chi connectivity index (χ4v) is 4.06. The molecule has 1 aromatic carbocycles. The number of aryl methyl sites for hydroxylation is 1. The highest BCUT2D eigenvalue weighted by Crippen LogP contribution is 2.14. The van der Waals surface area contributed by atoms with E-state index in [1.807, 2.05) is 0 Å². The third-order valence-electron chi connectivity index (χ3n) is 6.05. The van der Waals surface area contributed by atoms with Gasteiger partial charge in [-0.05, 0) is 30.4 Å². The van der Waals surface area contributed by atoms with Crippen LogP contribution in [0.4, 0.5) is 0 Å². The number of Topliss-reactive ketones (excluding diaryl/α,β-unsaturated/α-hetero) is 1. The summed E-state index contributed by atoms with van der Waals surface area (Å²) in [7, 11) is 0. The minimum atomic E-state index is 0.410. The zero-order chi connectivity index (χ0) is 21.0. The third kappa shape index (κ3) is 15.4. The highest BCUT2D eigenvalue weighted by molar-refractivity contribution is 5.80. The Hall–Kier alpha value is -1.11. The first-order valence-electron chi connectivity index (χ1n) is 12.9. The molecule has 0 radical (unpaired) electrons. The predicted octanol–water partition coefficient (Wildman–Crippen LogP) is 9.01. The minimum absolute atomic E-state index is 0.410. The lowest BCUT2D eigenvalue weighted by Crippen LogP contribution is -2.02. The highest BCUT2D eigenvalue weighted by Gasteiger charge is 2.04. The largest absolute Gasteiger partial charge is 0.299 e. The summed E-state index contributed by atoms with van der Waals surface area (Å²) in [5.41, 5.74) is 2.61. The Kier molecular flexibility index (Phi) is 16.9. The topological polar surface area (TPSA) is 17.1 Å². The van der Waals surface area contributed by atoms with Crippen LogP contribution in [-0.4, -0.2) is 5.78 Å². The fourth-order valence-electron chi connectivity index (χ4n) is 4.06. The standard InChI is InChI=1S/C28H48O/c1-3-5-7-9-11-12-13-14-16-18-20-28(29)25-27-23-21-26(22-24-27)19-17-15-10-8-6-4-2/h21-24H,3-20,25H2,1-2H3. The van der Waals surface area contributed by atoms with Crippen molar-refractivity contribution in [2.75, 3.05) is 0 Å². The Labute approximate surface area is 182 Å². The molecule has 0 bridgehead atoms. The maximum absolute atomic E-state index is 12.2. The summed E-state index contributed by atoms with van der Waals surface area (Å²) in [5, 5.41) is 0. The SMILES string of the molecule is CCCCCCCCCCCCC(=O)Cc1ccc(CCCCCCCC)cc1. The van der Waals surface area contributed by atoms with Crippen LogP contribution in [0.1, 0.15) is 134 Å². The van der Waals surface area contributed by atoms with E-state index in [0.29, 0.717) is 12.2 Å². The molecule has 0 aliphatic heterocycles. The van der Waals surface area contributed by atoms with Gasteiger partial charge in [-0.1, -0.05) is 128 Å². The zero-order valence-corrected chi connectivity index (χ0v) is 19.7. The second-order valence-corrected chi connectivity index (χ2v) is 8.98. The number of hydrogen-bond acceptors (Lipinski definition) is 1. The van der Waals surface area contributed by atoms with Crippen LogP contribution < -0.4 is 0 Å². The second-order valence-electron chi connectivity index (χ2n) is 8.98. The molecular weight excluding hydrogens is 352 g/mol. The summed E-state index contributed by atoms with van der Waals surface area (Å²) in [4.78, 5) is 12.2. The Bertz CT molecular complexity index is 488. The highest BCUT2D eigenvalue weighted by atomic mass is 16.1. The average molecular weight is 401 g/mol. The molecule has 0 heterocycles. The molecule has 0 atom stereocenters. The molecule has 0 amide bonds. The maximum Gasteiger partial charge on any atom is 0.137 e. The summed E-state index contributed by atoms with van der Waals surface area (Å²) in [6, 6.07) is 8.80. The van der Waals surface area contributed by atoms with Crippen molar-refractivity contribution in [3.63, 3.8) is 0 Å². The third-order valence-corrected chi connectivity index (χ3v) is 6.05. The molecule has 0 aliphatic rings. The number of carbonyl (C=O) groups is 1. The van der Waals surface area contributed by atoms with Crippen LogP contribution in [0.2, 0.25) is 0 Å². The molecule has 1 nitrogen and oxygen atoms in total. The van der Waals surface area contributed by atoms with Crippen molar-refractivity contribution in [1.82, 2.24) is 0 Å². The van der Waals surface area contributed by atoms with Gasteiger partial charge >= 0.3 is 0 Å². The van der Waals surface area contributed by atoms with Gasteiger partial charge in [-0.3, -0.25) is 4.79 Å². The van der Waals surface area contributed by atoms with Gasteiger partial charge in [0, 0.05) is 12.8 Å². The molecule has 0 fully saturated rings. The molecule has 166 valence electrons. The van der Waals surface area contributed by atoms with Crippen molar-refractivity contribution < 1.29 is 4.79 Å². The van der Waals surface area contributed by atoms with Gasteiger partial charge < -0.3 is 0 Å². The van der Waals surface area contributed by atoms with Crippen molar-refractivity contribution in [3.05, 3.63) is 35.4 Å². The Balaban J connectivity index is 2.02. The lowest BCUT2D eigenvalue weighted by molar-refractivity contribution is -0.118. The van der Waals surface area contributed by atoms with E-state index in [2.05, 4.69) is 38.1 Å². The van der Waals surface area contributed by atoms with Crippen LogP contribution in [0.25, 0.3) is 0 Å². The lowest BCUT2D eigenvalue weighted by atomic mass is 10.00. The van der Waals surface area contributed by atoms with E-state index in [1.165, 1.54) is 114 Å². The number of ketones is 1. The Morgan fingerprint density at radius 2 is 0.966 bits per heavy atom. The fraction of sp³-hybridized carbons (Fsp3) is 0.750. The summed E-state index contributed by atoms with van der Waals surface area (Å²) >= 11 is 0. The van der Waals surface area contributed by atoms with Gasteiger partial charge in [-0.15, -0.1) is 0 Å². The molecule has 1 rings (SSSR count). The molecule has 1 aromatic rings. The van der Waals surface area contributed by atoms with E-state index in [4.69, 9.17) is 0 Å². The quantitative estimate of drug-likeness (QED) is 0.199. The van der Waals surface area contributed by atoms with Gasteiger partial charge in [0.05, 0.1) is 0 Å². The van der Waals surface area contributed by atoms with Gasteiger partial charge in [-0.2, -0.15) is 0 Å². The van der Waals surface area contributed by atoms with Crippen molar-refractivity contribution in [2.45, 2.75) is 136 Å². The summed E-state index contributed by atoms with van der Waals surface area (Å²) in [5.74, 6) is 0.410. The van der Waals surface area contributed by atoms with Gasteiger partial charge in [-0.25, -0.2) is 0 Å². The summed E-state index contributed by atoms with van der Waals surface area (Å²) in [6.45, 7) is 4.54. The minimum Gasteiger partial charge on any atom is -0.299 e. The van der Waals surface area contributed by atoms with Crippen LogP contribution in [0.5, 0.6) is 0 Å². The van der Waals surface area contributed by atoms with Gasteiger partial charge in [0.25, 0.3) is 0 Å². The maximum atomic E-state index is 12.2. The van der Waals surface area contributed by atoms with Gasteiger partial charge in [0.1, 0.15) is 5.78 Å². The first-order valence-corrected chi connectivity index (χ1v) is 12.9. The number of unbranched alkanes of at least 4 members (excludes halogenated alkanes) is 14. The summed E-state index contributed by atoms with van der Waals surface area (Å²) in [6.07, 6.45) is 23.9. The monoisotopic (exact) mass is 400 g/mol. The predicted molar refractivity (Wildman–Crippen MR) is 129 cm³/mol. The lowest BCUT2D eigenvalue weighted by Gasteiger charge is -2.05. The second kappa shape index (κ2) is 18.9. The smallest absolute Gasteiger partial charge is 0.137 e. The number of carbonyl (C=O) groups excluding carboxylic acids is 1. The summed E-state index contributed by atoms with van der Waals surface area (Å²) < 4.78 is 0. The van der Waals surface area contributed by atoms with Crippen LogP contribution in [0.3, 0.4) is 0 Å². The zero-order valence-electron chi connectivity index (χ0n) is 19.7. The van der Waals surface area contributed by atoms with E-state index in [9.17, 15) is 4.79 Å². The average Bonchev–Trinajstić information content (AvgIpc) is 2.73. The molecule has 0 unspecified atom stereocenters. The van der Waals surface area contributed by atoms with E-state index < -0.39 is 0 Å². The number of hydrogen-bond donors (Lipinski definition) is 0. The molecule has 0 spiro atoms. The van der Waals surface area contributed by atoms with E-state index in [1.54, 1.807) is 0 Å². The normalized spacial score (nSPS) is 11.1. The van der Waals surface area contributed by atoms with Crippen LogP contribution in [0, 0.1) is 0 Å². The van der Waals surface area contributed by atoms with Crippen LogP contribution >= 0.6 is 0 Å². The molecule has 29 heavy (non-hydrogen) atoms. The van der Waals surface area contributed by atoms with Crippen molar-refractivity contribution in [1.29, 1.82) is 0 Å². The number of benzene rings is 1. The van der Waals surface area contributed by atoms with Crippen molar-refractivity contribution in [2.24, 2.45) is 0 Å². The van der Waals surface area contributed by atoms with Crippen molar-refractivity contribution in [3.8, 4) is 0 Å².